The summed E-state index contributed by atoms with van der Waals surface area (Å²) in [5, 5.41) is 8.95. The molecule has 0 aliphatic rings. The van der Waals surface area contributed by atoms with Crippen LogP contribution in [-0.2, 0) is 0 Å². The number of halogens is 2. The summed E-state index contributed by atoms with van der Waals surface area (Å²) >= 11 is 0. The summed E-state index contributed by atoms with van der Waals surface area (Å²) in [6, 6.07) is 9.86. The van der Waals surface area contributed by atoms with Crippen LogP contribution in [0.1, 0.15) is 11.1 Å². The highest BCUT2D eigenvalue weighted by Gasteiger charge is 2.11. The zero-order chi connectivity index (χ0) is 13.1. The van der Waals surface area contributed by atoms with Gasteiger partial charge in [-0.15, -0.1) is 0 Å². The van der Waals surface area contributed by atoms with E-state index in [1.165, 1.54) is 0 Å². The van der Waals surface area contributed by atoms with Crippen LogP contribution in [-0.4, -0.2) is 0 Å². The molecule has 0 unspecified atom stereocenters. The largest absolute Gasteiger partial charge is 0.453 e. The van der Waals surface area contributed by atoms with Crippen LogP contribution in [0.4, 0.5) is 8.78 Å². The van der Waals surface area contributed by atoms with Gasteiger partial charge in [0.05, 0.1) is 5.56 Å². The Balaban J connectivity index is 2.46. The van der Waals surface area contributed by atoms with E-state index in [1.807, 2.05) is 6.07 Å². The Morgan fingerprint density at radius 3 is 2.67 bits per heavy atom. The minimum Gasteiger partial charge on any atom is -0.453 e. The minimum absolute atomic E-state index is 0.235. The number of rotatable bonds is 2. The Morgan fingerprint density at radius 1 is 1.17 bits per heavy atom. The molecule has 0 spiro atoms. The maximum atomic E-state index is 13.4. The van der Waals surface area contributed by atoms with Gasteiger partial charge in [0.25, 0.3) is 0 Å². The smallest absolute Gasteiger partial charge is 0.166 e. The monoisotopic (exact) mass is 245 g/mol. The molecule has 2 aromatic carbocycles. The van der Waals surface area contributed by atoms with Crippen LogP contribution in [0.3, 0.4) is 0 Å². The topological polar surface area (TPSA) is 33.0 Å². The van der Waals surface area contributed by atoms with Crippen molar-refractivity contribution in [1.82, 2.24) is 0 Å². The van der Waals surface area contributed by atoms with E-state index in [4.69, 9.17) is 10.00 Å². The molecule has 0 bridgehead atoms. The van der Waals surface area contributed by atoms with Gasteiger partial charge in [-0.1, -0.05) is 12.1 Å². The van der Waals surface area contributed by atoms with Crippen LogP contribution in [0.5, 0.6) is 11.5 Å². The zero-order valence-electron chi connectivity index (χ0n) is 9.58. The number of para-hydroxylation sites is 1. The van der Waals surface area contributed by atoms with Crippen molar-refractivity contribution in [3.05, 3.63) is 59.2 Å². The van der Waals surface area contributed by atoms with Crippen molar-refractivity contribution in [3.8, 4) is 17.6 Å². The average molecular weight is 245 g/mol. The normalized spacial score (nSPS) is 9.89. The highest BCUT2D eigenvalue weighted by Crippen LogP contribution is 2.30. The highest BCUT2D eigenvalue weighted by molar-refractivity contribution is 5.50. The summed E-state index contributed by atoms with van der Waals surface area (Å²) in [6.45, 7) is 1.73. The van der Waals surface area contributed by atoms with Crippen LogP contribution in [0.2, 0.25) is 0 Å². The number of nitriles is 1. The van der Waals surface area contributed by atoms with Crippen LogP contribution < -0.4 is 4.74 Å². The lowest BCUT2D eigenvalue weighted by molar-refractivity contribution is 0.433. The number of hydrogen-bond acceptors (Lipinski definition) is 2. The third-order valence-corrected chi connectivity index (χ3v) is 2.44. The Morgan fingerprint density at radius 2 is 1.94 bits per heavy atom. The molecular formula is C14H9F2NO. The van der Waals surface area contributed by atoms with Gasteiger partial charge >= 0.3 is 0 Å². The molecule has 18 heavy (non-hydrogen) atoms. The highest BCUT2D eigenvalue weighted by atomic mass is 19.1. The van der Waals surface area contributed by atoms with Crippen LogP contribution >= 0.6 is 0 Å². The molecule has 0 saturated heterocycles. The molecule has 0 aliphatic heterocycles. The summed E-state index contributed by atoms with van der Waals surface area (Å²) in [5.41, 5.74) is 0.955. The summed E-state index contributed by atoms with van der Waals surface area (Å²) in [5.74, 6) is -1.27. The summed E-state index contributed by atoms with van der Waals surface area (Å²) < 4.78 is 31.8. The first kappa shape index (κ1) is 12.1. The molecule has 0 aliphatic carbocycles. The lowest BCUT2D eigenvalue weighted by atomic mass is 10.1. The average Bonchev–Trinajstić information content (AvgIpc) is 2.36. The van der Waals surface area contributed by atoms with E-state index in [9.17, 15) is 8.78 Å². The lowest BCUT2D eigenvalue weighted by Gasteiger charge is -2.10. The second-order valence-electron chi connectivity index (χ2n) is 3.74. The quantitative estimate of drug-likeness (QED) is 0.802. The summed E-state index contributed by atoms with van der Waals surface area (Å²) in [6.07, 6.45) is 0. The molecule has 0 fully saturated rings. The first-order chi connectivity index (χ1) is 8.61. The van der Waals surface area contributed by atoms with E-state index < -0.39 is 11.6 Å². The molecule has 0 saturated carbocycles. The SMILES string of the molecule is Cc1cccc(C#N)c1Oc1cc(F)ccc1F. The van der Waals surface area contributed by atoms with Crippen molar-refractivity contribution in [2.75, 3.05) is 0 Å². The first-order valence-electron chi connectivity index (χ1n) is 5.24. The molecule has 0 amide bonds. The number of aryl methyl sites for hydroxylation is 1. The minimum atomic E-state index is -0.677. The van der Waals surface area contributed by atoms with E-state index in [1.54, 1.807) is 25.1 Å². The van der Waals surface area contributed by atoms with Gasteiger partial charge in [0, 0.05) is 6.07 Å². The van der Waals surface area contributed by atoms with Gasteiger partial charge in [-0.05, 0) is 30.7 Å². The number of ether oxygens (including phenoxy) is 1. The molecule has 4 heteroatoms. The van der Waals surface area contributed by atoms with Crippen molar-refractivity contribution >= 4 is 0 Å². The number of hydrogen-bond donors (Lipinski definition) is 0. The zero-order valence-corrected chi connectivity index (χ0v) is 9.58. The van der Waals surface area contributed by atoms with Gasteiger partial charge in [-0.3, -0.25) is 0 Å². The molecule has 0 atom stereocenters. The van der Waals surface area contributed by atoms with E-state index in [0.29, 0.717) is 5.56 Å². The van der Waals surface area contributed by atoms with Gasteiger partial charge in [0.1, 0.15) is 17.6 Å². The van der Waals surface area contributed by atoms with Crippen molar-refractivity contribution < 1.29 is 13.5 Å². The molecule has 0 N–H and O–H groups in total. The molecule has 2 rings (SSSR count). The lowest BCUT2D eigenvalue weighted by Crippen LogP contribution is -1.94. The third-order valence-electron chi connectivity index (χ3n) is 2.44. The van der Waals surface area contributed by atoms with Gasteiger partial charge in [0.2, 0.25) is 0 Å². The molecular weight excluding hydrogens is 236 g/mol. The van der Waals surface area contributed by atoms with Crippen LogP contribution in [0, 0.1) is 29.9 Å². The van der Waals surface area contributed by atoms with Gasteiger partial charge in [-0.25, -0.2) is 8.78 Å². The molecule has 0 radical (unpaired) electrons. The third kappa shape index (κ3) is 2.30. The van der Waals surface area contributed by atoms with E-state index in [-0.39, 0.29) is 17.1 Å². The van der Waals surface area contributed by atoms with E-state index >= 15 is 0 Å². The van der Waals surface area contributed by atoms with Gasteiger partial charge in [0.15, 0.2) is 11.6 Å². The van der Waals surface area contributed by atoms with Crippen molar-refractivity contribution in [2.24, 2.45) is 0 Å². The van der Waals surface area contributed by atoms with Crippen LogP contribution in [0.15, 0.2) is 36.4 Å². The van der Waals surface area contributed by atoms with Crippen molar-refractivity contribution in [3.63, 3.8) is 0 Å². The van der Waals surface area contributed by atoms with Gasteiger partial charge in [-0.2, -0.15) is 5.26 Å². The second-order valence-corrected chi connectivity index (χ2v) is 3.74. The Hall–Kier alpha value is -2.41. The first-order valence-corrected chi connectivity index (χ1v) is 5.24. The van der Waals surface area contributed by atoms with Crippen molar-refractivity contribution in [1.29, 1.82) is 5.26 Å². The van der Waals surface area contributed by atoms with Gasteiger partial charge < -0.3 is 4.74 Å². The Labute approximate surface area is 103 Å². The fraction of sp³-hybridized carbons (Fsp3) is 0.0714. The maximum Gasteiger partial charge on any atom is 0.166 e. The summed E-state index contributed by atoms with van der Waals surface area (Å²) in [7, 11) is 0. The fourth-order valence-corrected chi connectivity index (χ4v) is 1.54. The standard InChI is InChI=1S/C14H9F2NO/c1-9-3-2-4-10(8-17)14(9)18-13-7-11(15)5-6-12(13)16/h2-7H,1H3. The predicted molar refractivity (Wildman–Crippen MR) is 62.3 cm³/mol. The van der Waals surface area contributed by atoms with E-state index in [0.717, 1.165) is 18.2 Å². The number of nitrogens with zero attached hydrogens (tertiary/aromatic N) is 1. The molecule has 0 aromatic heterocycles. The van der Waals surface area contributed by atoms with E-state index in [2.05, 4.69) is 0 Å². The Kier molecular flexibility index (Phi) is 3.24. The second kappa shape index (κ2) is 4.84. The number of benzene rings is 2. The Bertz CT molecular complexity index is 632. The molecule has 2 nitrogen and oxygen atoms in total. The van der Waals surface area contributed by atoms with Crippen molar-refractivity contribution in [2.45, 2.75) is 6.92 Å². The predicted octanol–water partition coefficient (Wildman–Crippen LogP) is 3.94. The summed E-state index contributed by atoms with van der Waals surface area (Å²) in [4.78, 5) is 0. The molecule has 0 heterocycles. The maximum absolute atomic E-state index is 13.4. The fourth-order valence-electron chi connectivity index (χ4n) is 1.54. The van der Waals surface area contributed by atoms with Crippen LogP contribution in [0.25, 0.3) is 0 Å². The molecule has 2 aromatic rings. The molecule has 90 valence electrons.